The van der Waals surface area contributed by atoms with Crippen LogP contribution in [-0.4, -0.2) is 0 Å². The average Bonchev–Trinajstić information content (AvgIpc) is 2.29. The lowest BCUT2D eigenvalue weighted by atomic mass is 10.1. The van der Waals surface area contributed by atoms with Crippen molar-refractivity contribution in [2.45, 2.75) is 11.8 Å². The minimum atomic E-state index is -0.192. The molecular weight excluding hydrogens is 191 g/mol. The maximum absolute atomic E-state index is 13.1. The van der Waals surface area contributed by atoms with Crippen LogP contribution in [0.1, 0.15) is 5.56 Å². The lowest BCUT2D eigenvalue weighted by molar-refractivity contribution is 0.636. The van der Waals surface area contributed by atoms with Gasteiger partial charge in [-0.05, 0) is 18.6 Å². The van der Waals surface area contributed by atoms with Gasteiger partial charge in [0, 0.05) is 10.1 Å². The Kier molecular flexibility index (Phi) is 1.85. The average molecular weight is 198 g/mol. The van der Waals surface area contributed by atoms with Crippen LogP contribution >= 0.6 is 24.0 Å². The van der Waals surface area contributed by atoms with E-state index in [0.717, 1.165) is 27.0 Å². The van der Waals surface area contributed by atoms with E-state index >= 15 is 0 Å². The second-order valence-corrected chi connectivity index (χ2v) is 4.12. The monoisotopic (exact) mass is 198 g/mol. The maximum Gasteiger partial charge on any atom is 0.190 e. The molecule has 3 heteroatoms. The lowest BCUT2D eigenvalue weighted by Crippen LogP contribution is -1.72. The van der Waals surface area contributed by atoms with E-state index in [1.807, 2.05) is 25.1 Å². The number of aryl methyl sites for hydroxylation is 1. The van der Waals surface area contributed by atoms with Gasteiger partial charge in [-0.3, -0.25) is 0 Å². The predicted octanol–water partition coefficient (Wildman–Crippen LogP) is 3.64. The molecule has 1 aromatic heterocycles. The molecule has 0 aliphatic carbocycles. The number of thiophene rings is 1. The molecule has 0 saturated heterocycles. The van der Waals surface area contributed by atoms with Crippen LogP contribution in [0.5, 0.6) is 0 Å². The molecular formula is C9H7FS2. The van der Waals surface area contributed by atoms with Crippen molar-refractivity contribution >= 4 is 34.1 Å². The van der Waals surface area contributed by atoms with E-state index in [1.165, 1.54) is 0 Å². The van der Waals surface area contributed by atoms with Crippen LogP contribution in [0.15, 0.2) is 23.1 Å². The zero-order valence-corrected chi connectivity index (χ0v) is 8.18. The molecule has 62 valence electrons. The third-order valence-corrected chi connectivity index (χ3v) is 3.37. The molecule has 12 heavy (non-hydrogen) atoms. The Hall–Kier alpha value is -0.540. The van der Waals surface area contributed by atoms with Crippen molar-refractivity contribution in [3.8, 4) is 0 Å². The number of thiol groups is 1. The van der Waals surface area contributed by atoms with Crippen molar-refractivity contribution in [1.29, 1.82) is 0 Å². The van der Waals surface area contributed by atoms with Crippen molar-refractivity contribution in [2.75, 3.05) is 0 Å². The molecule has 0 aliphatic rings. The normalized spacial score (nSPS) is 10.9. The van der Waals surface area contributed by atoms with E-state index in [2.05, 4.69) is 12.6 Å². The molecule has 0 spiro atoms. The number of hydrogen-bond acceptors (Lipinski definition) is 2. The number of halogens is 1. The first-order chi connectivity index (χ1) is 5.70. The van der Waals surface area contributed by atoms with Crippen LogP contribution in [0.3, 0.4) is 0 Å². The molecule has 0 saturated carbocycles. The Morgan fingerprint density at radius 1 is 1.42 bits per heavy atom. The van der Waals surface area contributed by atoms with Gasteiger partial charge < -0.3 is 0 Å². The van der Waals surface area contributed by atoms with E-state index < -0.39 is 0 Å². The summed E-state index contributed by atoms with van der Waals surface area (Å²) in [6, 6.07) is 5.81. The standard InChI is InChI=1S/C9H7FS2/c1-5-3-2-4-6-7(5)8(11)9(10)12-6/h2-4,11H,1H3. The topological polar surface area (TPSA) is 0 Å². The summed E-state index contributed by atoms with van der Waals surface area (Å²) in [6.45, 7) is 1.97. The highest BCUT2D eigenvalue weighted by atomic mass is 32.1. The van der Waals surface area contributed by atoms with Crippen LogP contribution in [0, 0.1) is 12.1 Å². The molecule has 2 aromatic rings. The first-order valence-corrected chi connectivity index (χ1v) is 4.83. The number of rotatable bonds is 0. The Morgan fingerprint density at radius 3 is 2.83 bits per heavy atom. The number of fused-ring (bicyclic) bond motifs is 1. The van der Waals surface area contributed by atoms with Crippen LogP contribution in [0.2, 0.25) is 0 Å². The Labute approximate surface area is 79.4 Å². The maximum atomic E-state index is 13.1. The number of benzene rings is 1. The van der Waals surface area contributed by atoms with Gasteiger partial charge in [-0.15, -0.1) is 24.0 Å². The van der Waals surface area contributed by atoms with E-state index in [1.54, 1.807) is 0 Å². The van der Waals surface area contributed by atoms with E-state index in [-0.39, 0.29) is 5.13 Å². The van der Waals surface area contributed by atoms with E-state index in [0.29, 0.717) is 4.90 Å². The minimum absolute atomic E-state index is 0.192. The molecule has 0 atom stereocenters. The summed E-state index contributed by atoms with van der Waals surface area (Å²) < 4.78 is 14.0. The molecule has 2 rings (SSSR count). The van der Waals surface area contributed by atoms with Gasteiger partial charge in [-0.1, -0.05) is 12.1 Å². The van der Waals surface area contributed by atoms with Gasteiger partial charge in [0.25, 0.3) is 0 Å². The minimum Gasteiger partial charge on any atom is -0.194 e. The van der Waals surface area contributed by atoms with Gasteiger partial charge in [0.1, 0.15) is 0 Å². The molecule has 0 N–H and O–H groups in total. The molecule has 0 amide bonds. The first-order valence-electron chi connectivity index (χ1n) is 3.56. The molecule has 0 aliphatic heterocycles. The summed E-state index contributed by atoms with van der Waals surface area (Å²) >= 11 is 5.27. The van der Waals surface area contributed by atoms with Gasteiger partial charge in [0.2, 0.25) is 0 Å². The zero-order valence-electron chi connectivity index (χ0n) is 6.47. The van der Waals surface area contributed by atoms with Crippen LogP contribution < -0.4 is 0 Å². The van der Waals surface area contributed by atoms with Gasteiger partial charge in [-0.25, -0.2) is 0 Å². The quantitative estimate of drug-likeness (QED) is 0.614. The molecule has 1 heterocycles. The molecule has 0 nitrogen and oxygen atoms in total. The van der Waals surface area contributed by atoms with Crippen LogP contribution in [0.25, 0.3) is 10.1 Å². The molecule has 0 fully saturated rings. The van der Waals surface area contributed by atoms with Gasteiger partial charge in [0.05, 0.1) is 4.90 Å². The van der Waals surface area contributed by atoms with Crippen molar-refractivity contribution in [1.82, 2.24) is 0 Å². The Bertz CT molecular complexity index is 431. The largest absolute Gasteiger partial charge is 0.194 e. The predicted molar refractivity (Wildman–Crippen MR) is 53.8 cm³/mol. The Morgan fingerprint density at radius 2 is 2.17 bits per heavy atom. The SMILES string of the molecule is Cc1cccc2sc(F)c(S)c12. The van der Waals surface area contributed by atoms with Crippen molar-refractivity contribution in [2.24, 2.45) is 0 Å². The van der Waals surface area contributed by atoms with Gasteiger partial charge in [0.15, 0.2) is 5.13 Å². The zero-order chi connectivity index (χ0) is 8.72. The molecule has 0 unspecified atom stereocenters. The summed E-state index contributed by atoms with van der Waals surface area (Å²) in [5.74, 6) is 0. The molecule has 0 bridgehead atoms. The summed E-state index contributed by atoms with van der Waals surface area (Å²) in [7, 11) is 0. The van der Waals surface area contributed by atoms with Crippen molar-refractivity contribution in [3.05, 3.63) is 28.9 Å². The lowest BCUT2D eigenvalue weighted by Gasteiger charge is -1.94. The van der Waals surface area contributed by atoms with Crippen molar-refractivity contribution < 1.29 is 4.39 Å². The fraction of sp³-hybridized carbons (Fsp3) is 0.111. The summed E-state index contributed by atoms with van der Waals surface area (Å²) in [6.07, 6.45) is 0. The summed E-state index contributed by atoms with van der Waals surface area (Å²) in [5.41, 5.74) is 1.08. The van der Waals surface area contributed by atoms with Crippen molar-refractivity contribution in [3.63, 3.8) is 0 Å². The smallest absolute Gasteiger partial charge is 0.190 e. The highest BCUT2D eigenvalue weighted by Gasteiger charge is 2.09. The third-order valence-electron chi connectivity index (χ3n) is 1.86. The van der Waals surface area contributed by atoms with E-state index in [4.69, 9.17) is 0 Å². The second kappa shape index (κ2) is 2.75. The highest BCUT2D eigenvalue weighted by Crippen LogP contribution is 2.34. The third kappa shape index (κ3) is 1.04. The highest BCUT2D eigenvalue weighted by molar-refractivity contribution is 7.80. The van der Waals surface area contributed by atoms with Crippen LogP contribution in [-0.2, 0) is 0 Å². The fourth-order valence-electron chi connectivity index (χ4n) is 1.27. The first kappa shape index (κ1) is 8.08. The molecule has 0 radical (unpaired) electrons. The second-order valence-electron chi connectivity index (χ2n) is 2.67. The summed E-state index contributed by atoms with van der Waals surface area (Å²) in [4.78, 5) is 0.480. The van der Waals surface area contributed by atoms with Crippen LogP contribution in [0.4, 0.5) is 4.39 Å². The van der Waals surface area contributed by atoms with Gasteiger partial charge in [-0.2, -0.15) is 4.39 Å². The Balaban J connectivity index is 2.97. The van der Waals surface area contributed by atoms with Gasteiger partial charge >= 0.3 is 0 Å². The number of hydrogen-bond donors (Lipinski definition) is 1. The summed E-state index contributed by atoms with van der Waals surface area (Å²) in [5, 5.41) is 0.756. The fourth-order valence-corrected chi connectivity index (χ4v) is 2.69. The molecule has 1 aromatic carbocycles. The van der Waals surface area contributed by atoms with E-state index in [9.17, 15) is 4.39 Å².